The molecule has 0 bridgehead atoms. The Kier molecular flexibility index (Phi) is 9.53. The zero-order chi connectivity index (χ0) is 15.5. The SMILES string of the molecule is CCCCCCCCOc1ccc(Cl)cc1C(C)NCC. The van der Waals surface area contributed by atoms with E-state index in [-0.39, 0.29) is 6.04 Å². The summed E-state index contributed by atoms with van der Waals surface area (Å²) in [5.41, 5.74) is 1.15. The summed E-state index contributed by atoms with van der Waals surface area (Å²) in [6.45, 7) is 8.23. The average molecular weight is 312 g/mol. The van der Waals surface area contributed by atoms with E-state index in [0.717, 1.165) is 35.9 Å². The quantitative estimate of drug-likeness (QED) is 0.525. The Balaban J connectivity index is 2.43. The highest BCUT2D eigenvalue weighted by atomic mass is 35.5. The van der Waals surface area contributed by atoms with E-state index in [9.17, 15) is 0 Å². The fourth-order valence-corrected chi connectivity index (χ4v) is 2.65. The van der Waals surface area contributed by atoms with Gasteiger partial charge in [-0.05, 0) is 38.1 Å². The highest BCUT2D eigenvalue weighted by Crippen LogP contribution is 2.28. The van der Waals surface area contributed by atoms with Crippen LogP contribution < -0.4 is 10.1 Å². The van der Waals surface area contributed by atoms with E-state index in [4.69, 9.17) is 16.3 Å². The molecule has 0 aliphatic rings. The van der Waals surface area contributed by atoms with Gasteiger partial charge in [0, 0.05) is 16.6 Å². The van der Waals surface area contributed by atoms with Gasteiger partial charge in [-0.3, -0.25) is 0 Å². The van der Waals surface area contributed by atoms with Crippen molar-refractivity contribution in [3.05, 3.63) is 28.8 Å². The van der Waals surface area contributed by atoms with Crippen molar-refractivity contribution in [2.24, 2.45) is 0 Å². The van der Waals surface area contributed by atoms with E-state index in [2.05, 4.69) is 26.1 Å². The van der Waals surface area contributed by atoms with Crippen LogP contribution in [0, 0.1) is 0 Å². The summed E-state index contributed by atoms with van der Waals surface area (Å²) in [6.07, 6.45) is 7.70. The van der Waals surface area contributed by atoms with E-state index < -0.39 is 0 Å². The lowest BCUT2D eigenvalue weighted by atomic mass is 10.1. The van der Waals surface area contributed by atoms with Crippen molar-refractivity contribution in [3.8, 4) is 5.75 Å². The summed E-state index contributed by atoms with van der Waals surface area (Å²) in [5, 5.41) is 4.18. The molecule has 1 rings (SSSR count). The summed E-state index contributed by atoms with van der Waals surface area (Å²) < 4.78 is 5.97. The van der Waals surface area contributed by atoms with Gasteiger partial charge in [0.05, 0.1) is 6.61 Å². The molecule has 0 saturated heterocycles. The van der Waals surface area contributed by atoms with Crippen molar-refractivity contribution in [2.75, 3.05) is 13.2 Å². The van der Waals surface area contributed by atoms with Crippen LogP contribution in [0.5, 0.6) is 5.75 Å². The fourth-order valence-electron chi connectivity index (χ4n) is 2.47. The zero-order valence-electron chi connectivity index (χ0n) is 13.8. The molecule has 1 aromatic rings. The molecule has 21 heavy (non-hydrogen) atoms. The second-order valence-electron chi connectivity index (χ2n) is 5.58. The molecule has 0 amide bonds. The number of nitrogens with one attached hydrogen (secondary N) is 1. The molecule has 1 atom stereocenters. The topological polar surface area (TPSA) is 21.3 Å². The summed E-state index contributed by atoms with van der Waals surface area (Å²) in [4.78, 5) is 0. The lowest BCUT2D eigenvalue weighted by Crippen LogP contribution is -2.18. The standard InChI is InChI=1S/C18H30ClNO/c1-4-6-7-8-9-10-13-21-18-12-11-16(19)14-17(18)15(3)20-5-2/h11-12,14-15,20H,4-10,13H2,1-3H3. The van der Waals surface area contributed by atoms with E-state index in [0.29, 0.717) is 0 Å². The summed E-state index contributed by atoms with van der Waals surface area (Å²) >= 11 is 6.11. The first-order valence-corrected chi connectivity index (χ1v) is 8.72. The number of unbranched alkanes of at least 4 members (excludes halogenated alkanes) is 5. The molecule has 3 heteroatoms. The van der Waals surface area contributed by atoms with Gasteiger partial charge in [-0.1, -0.05) is 57.6 Å². The van der Waals surface area contributed by atoms with Crippen molar-refractivity contribution in [1.29, 1.82) is 0 Å². The minimum absolute atomic E-state index is 0.258. The monoisotopic (exact) mass is 311 g/mol. The van der Waals surface area contributed by atoms with Crippen molar-refractivity contribution >= 4 is 11.6 Å². The minimum atomic E-state index is 0.258. The summed E-state index contributed by atoms with van der Waals surface area (Å²) in [6, 6.07) is 6.15. The van der Waals surface area contributed by atoms with Crippen molar-refractivity contribution in [2.45, 2.75) is 65.3 Å². The Morgan fingerprint density at radius 2 is 1.81 bits per heavy atom. The van der Waals surface area contributed by atoms with Crippen LogP contribution >= 0.6 is 11.6 Å². The number of hydrogen-bond donors (Lipinski definition) is 1. The second kappa shape index (κ2) is 10.9. The molecule has 0 aliphatic carbocycles. The maximum atomic E-state index is 6.11. The Bertz CT molecular complexity index is 395. The van der Waals surface area contributed by atoms with Gasteiger partial charge in [-0.2, -0.15) is 0 Å². The third kappa shape index (κ3) is 7.19. The highest BCUT2D eigenvalue weighted by molar-refractivity contribution is 6.30. The molecule has 2 nitrogen and oxygen atoms in total. The molecule has 1 aromatic carbocycles. The van der Waals surface area contributed by atoms with Gasteiger partial charge in [0.15, 0.2) is 0 Å². The van der Waals surface area contributed by atoms with Crippen LogP contribution in [0.3, 0.4) is 0 Å². The average Bonchev–Trinajstić information content (AvgIpc) is 2.47. The van der Waals surface area contributed by atoms with Crippen LogP contribution in [0.15, 0.2) is 18.2 Å². The van der Waals surface area contributed by atoms with Gasteiger partial charge in [-0.15, -0.1) is 0 Å². The Hall–Kier alpha value is -0.730. The lowest BCUT2D eigenvalue weighted by Gasteiger charge is -2.18. The zero-order valence-corrected chi connectivity index (χ0v) is 14.5. The van der Waals surface area contributed by atoms with Gasteiger partial charge < -0.3 is 10.1 Å². The smallest absolute Gasteiger partial charge is 0.124 e. The Labute approximate surface area is 135 Å². The summed E-state index contributed by atoms with van der Waals surface area (Å²) in [5.74, 6) is 0.960. The van der Waals surface area contributed by atoms with Gasteiger partial charge in [0.1, 0.15) is 5.75 Å². The van der Waals surface area contributed by atoms with Crippen LogP contribution in [0.1, 0.15) is 70.9 Å². The highest BCUT2D eigenvalue weighted by Gasteiger charge is 2.11. The molecule has 120 valence electrons. The minimum Gasteiger partial charge on any atom is -0.493 e. The first kappa shape index (κ1) is 18.3. The maximum absolute atomic E-state index is 6.11. The molecule has 0 radical (unpaired) electrons. The lowest BCUT2D eigenvalue weighted by molar-refractivity contribution is 0.298. The molecule has 0 saturated carbocycles. The number of hydrogen-bond acceptors (Lipinski definition) is 2. The third-order valence-electron chi connectivity index (χ3n) is 3.70. The van der Waals surface area contributed by atoms with Crippen LogP contribution in [0.25, 0.3) is 0 Å². The predicted molar refractivity (Wildman–Crippen MR) is 92.4 cm³/mol. The molecule has 0 spiro atoms. The van der Waals surface area contributed by atoms with Crippen molar-refractivity contribution in [3.63, 3.8) is 0 Å². The molecule has 0 fully saturated rings. The molecule has 0 aliphatic heterocycles. The van der Waals surface area contributed by atoms with E-state index >= 15 is 0 Å². The molecule has 0 aromatic heterocycles. The largest absolute Gasteiger partial charge is 0.493 e. The first-order valence-electron chi connectivity index (χ1n) is 8.34. The third-order valence-corrected chi connectivity index (χ3v) is 3.94. The van der Waals surface area contributed by atoms with Crippen LogP contribution in [-0.4, -0.2) is 13.2 Å². The van der Waals surface area contributed by atoms with Crippen LogP contribution in [0.2, 0.25) is 5.02 Å². The maximum Gasteiger partial charge on any atom is 0.124 e. The van der Waals surface area contributed by atoms with Crippen molar-refractivity contribution < 1.29 is 4.74 Å². The normalized spacial score (nSPS) is 12.4. The van der Waals surface area contributed by atoms with E-state index in [1.807, 2.05) is 18.2 Å². The number of rotatable bonds is 11. The molecule has 0 heterocycles. The van der Waals surface area contributed by atoms with Crippen LogP contribution in [0.4, 0.5) is 0 Å². The Morgan fingerprint density at radius 3 is 2.52 bits per heavy atom. The molecule has 1 unspecified atom stereocenters. The Morgan fingerprint density at radius 1 is 1.10 bits per heavy atom. The van der Waals surface area contributed by atoms with Gasteiger partial charge in [0.2, 0.25) is 0 Å². The number of benzene rings is 1. The molecule has 1 N–H and O–H groups in total. The summed E-state index contributed by atoms with van der Waals surface area (Å²) in [7, 11) is 0. The van der Waals surface area contributed by atoms with Gasteiger partial charge in [0.25, 0.3) is 0 Å². The molecular formula is C18H30ClNO. The van der Waals surface area contributed by atoms with Gasteiger partial charge in [-0.25, -0.2) is 0 Å². The van der Waals surface area contributed by atoms with Crippen LogP contribution in [-0.2, 0) is 0 Å². The number of ether oxygens (including phenoxy) is 1. The number of halogens is 1. The second-order valence-corrected chi connectivity index (χ2v) is 6.01. The van der Waals surface area contributed by atoms with Gasteiger partial charge >= 0.3 is 0 Å². The van der Waals surface area contributed by atoms with E-state index in [1.54, 1.807) is 0 Å². The fraction of sp³-hybridized carbons (Fsp3) is 0.667. The van der Waals surface area contributed by atoms with E-state index in [1.165, 1.54) is 32.1 Å². The predicted octanol–water partition coefficient (Wildman–Crippen LogP) is 5.75. The molecular weight excluding hydrogens is 282 g/mol. The first-order chi connectivity index (χ1) is 10.2. The van der Waals surface area contributed by atoms with Crippen molar-refractivity contribution in [1.82, 2.24) is 5.32 Å².